The SMILES string of the molecule is COc1cc([C@@H]2Oc3c(c(OC)cc4ccc(=O)oc34)O[C@H]2C)ccc1OC(C)=O. The molecule has 8 heteroatoms. The molecule has 2 aromatic carbocycles. The van der Waals surface area contributed by atoms with Gasteiger partial charge in [0.25, 0.3) is 0 Å². The third-order valence-corrected chi connectivity index (χ3v) is 4.75. The van der Waals surface area contributed by atoms with Gasteiger partial charge in [-0.25, -0.2) is 4.79 Å². The molecule has 8 nitrogen and oxygen atoms in total. The Morgan fingerprint density at radius 1 is 0.933 bits per heavy atom. The monoisotopic (exact) mass is 412 g/mol. The predicted octanol–water partition coefficient (Wildman–Crippen LogP) is 3.64. The van der Waals surface area contributed by atoms with Gasteiger partial charge in [-0.05, 0) is 31.2 Å². The van der Waals surface area contributed by atoms with Crippen LogP contribution < -0.4 is 29.3 Å². The van der Waals surface area contributed by atoms with Gasteiger partial charge in [-0.1, -0.05) is 6.07 Å². The first-order chi connectivity index (χ1) is 14.4. The number of carbonyl (C=O) groups excluding carboxylic acids is 1. The second-order valence-electron chi connectivity index (χ2n) is 6.78. The fraction of sp³-hybridized carbons (Fsp3) is 0.273. The normalized spacial score (nSPS) is 17.5. The Morgan fingerprint density at radius 3 is 2.40 bits per heavy atom. The van der Waals surface area contributed by atoms with Gasteiger partial charge in [0.15, 0.2) is 28.9 Å². The molecule has 3 aromatic rings. The molecular formula is C22H20O8. The van der Waals surface area contributed by atoms with Crippen LogP contribution in [0.3, 0.4) is 0 Å². The van der Waals surface area contributed by atoms with Crippen LogP contribution in [0.5, 0.6) is 28.7 Å². The number of benzene rings is 2. The van der Waals surface area contributed by atoms with E-state index < -0.39 is 23.8 Å². The molecule has 0 fully saturated rings. The van der Waals surface area contributed by atoms with Gasteiger partial charge in [0, 0.05) is 23.9 Å². The molecule has 0 saturated heterocycles. The predicted molar refractivity (Wildman–Crippen MR) is 107 cm³/mol. The van der Waals surface area contributed by atoms with Gasteiger partial charge in [0.2, 0.25) is 11.5 Å². The second kappa shape index (κ2) is 7.62. The first kappa shape index (κ1) is 19.6. The molecule has 1 aromatic heterocycles. The molecule has 0 aliphatic carbocycles. The molecule has 0 unspecified atom stereocenters. The average molecular weight is 412 g/mol. The summed E-state index contributed by atoms with van der Waals surface area (Å²) in [7, 11) is 3.01. The molecule has 156 valence electrons. The van der Waals surface area contributed by atoms with Gasteiger partial charge in [0.05, 0.1) is 14.2 Å². The smallest absolute Gasteiger partial charge is 0.336 e. The van der Waals surface area contributed by atoms with Crippen molar-refractivity contribution in [2.24, 2.45) is 0 Å². The van der Waals surface area contributed by atoms with Gasteiger partial charge in [-0.15, -0.1) is 0 Å². The number of fused-ring (bicyclic) bond motifs is 3. The summed E-state index contributed by atoms with van der Waals surface area (Å²) in [4.78, 5) is 23.1. The first-order valence-corrected chi connectivity index (χ1v) is 9.25. The van der Waals surface area contributed by atoms with E-state index in [1.165, 1.54) is 27.2 Å². The summed E-state index contributed by atoms with van der Waals surface area (Å²) in [5.41, 5.74) is 0.509. The van der Waals surface area contributed by atoms with Crippen LogP contribution in [0.4, 0.5) is 0 Å². The van der Waals surface area contributed by atoms with E-state index in [0.29, 0.717) is 28.4 Å². The highest BCUT2D eigenvalue weighted by molar-refractivity contribution is 5.88. The van der Waals surface area contributed by atoms with E-state index >= 15 is 0 Å². The van der Waals surface area contributed by atoms with Crippen molar-refractivity contribution in [1.29, 1.82) is 0 Å². The van der Waals surface area contributed by atoms with Crippen molar-refractivity contribution in [3.8, 4) is 28.7 Å². The zero-order valence-electron chi connectivity index (χ0n) is 16.9. The molecule has 4 rings (SSSR count). The molecule has 0 saturated carbocycles. The van der Waals surface area contributed by atoms with Crippen LogP contribution in [0.1, 0.15) is 25.5 Å². The maximum absolute atomic E-state index is 11.8. The fourth-order valence-electron chi connectivity index (χ4n) is 3.42. The molecular weight excluding hydrogens is 392 g/mol. The number of hydrogen-bond donors (Lipinski definition) is 0. The zero-order chi connectivity index (χ0) is 21.4. The quantitative estimate of drug-likeness (QED) is 0.364. The molecule has 0 bridgehead atoms. The molecule has 2 atom stereocenters. The van der Waals surface area contributed by atoms with E-state index in [1.54, 1.807) is 30.3 Å². The number of methoxy groups -OCH3 is 2. The Kier molecular flexibility index (Phi) is 4.99. The fourth-order valence-corrected chi connectivity index (χ4v) is 3.42. The van der Waals surface area contributed by atoms with Crippen molar-refractivity contribution in [3.05, 3.63) is 52.4 Å². The van der Waals surface area contributed by atoms with Crippen molar-refractivity contribution < 1.29 is 32.9 Å². The van der Waals surface area contributed by atoms with E-state index in [9.17, 15) is 9.59 Å². The number of ether oxygens (including phenoxy) is 5. The lowest BCUT2D eigenvalue weighted by molar-refractivity contribution is -0.132. The molecule has 2 heterocycles. The van der Waals surface area contributed by atoms with Crippen LogP contribution in [0.25, 0.3) is 11.0 Å². The maximum atomic E-state index is 11.8. The van der Waals surface area contributed by atoms with Crippen molar-refractivity contribution in [2.75, 3.05) is 14.2 Å². The van der Waals surface area contributed by atoms with E-state index in [4.69, 9.17) is 28.1 Å². The van der Waals surface area contributed by atoms with E-state index in [2.05, 4.69) is 0 Å². The van der Waals surface area contributed by atoms with Gasteiger partial charge in [-0.3, -0.25) is 4.79 Å². The van der Waals surface area contributed by atoms with Crippen LogP contribution in [-0.4, -0.2) is 26.3 Å². The van der Waals surface area contributed by atoms with Crippen LogP contribution in [-0.2, 0) is 4.79 Å². The topological polar surface area (TPSA) is 93.4 Å². The number of rotatable bonds is 4. The maximum Gasteiger partial charge on any atom is 0.336 e. The minimum Gasteiger partial charge on any atom is -0.493 e. The molecule has 30 heavy (non-hydrogen) atoms. The number of esters is 1. The lowest BCUT2D eigenvalue weighted by Crippen LogP contribution is -2.31. The largest absolute Gasteiger partial charge is 0.493 e. The zero-order valence-corrected chi connectivity index (χ0v) is 16.9. The van der Waals surface area contributed by atoms with Gasteiger partial charge < -0.3 is 28.1 Å². The van der Waals surface area contributed by atoms with Crippen LogP contribution in [0.15, 0.2) is 45.6 Å². The lowest BCUT2D eigenvalue weighted by Gasteiger charge is -2.33. The number of carbonyl (C=O) groups is 1. The van der Waals surface area contributed by atoms with Gasteiger partial charge >= 0.3 is 11.6 Å². The van der Waals surface area contributed by atoms with Crippen molar-refractivity contribution in [1.82, 2.24) is 0 Å². The van der Waals surface area contributed by atoms with E-state index in [-0.39, 0.29) is 11.3 Å². The molecule has 1 aliphatic heterocycles. The Morgan fingerprint density at radius 2 is 1.70 bits per heavy atom. The highest BCUT2D eigenvalue weighted by Gasteiger charge is 2.35. The molecule has 0 amide bonds. The summed E-state index contributed by atoms with van der Waals surface area (Å²) in [6.07, 6.45) is -0.942. The lowest BCUT2D eigenvalue weighted by atomic mass is 10.0. The summed E-state index contributed by atoms with van der Waals surface area (Å²) >= 11 is 0. The number of hydrogen-bond acceptors (Lipinski definition) is 8. The van der Waals surface area contributed by atoms with Gasteiger partial charge in [-0.2, -0.15) is 0 Å². The van der Waals surface area contributed by atoms with Crippen LogP contribution in [0.2, 0.25) is 0 Å². The highest BCUT2D eigenvalue weighted by Crippen LogP contribution is 2.49. The van der Waals surface area contributed by atoms with Crippen molar-refractivity contribution in [2.45, 2.75) is 26.1 Å². The highest BCUT2D eigenvalue weighted by atomic mass is 16.6. The third-order valence-electron chi connectivity index (χ3n) is 4.75. The Balaban J connectivity index is 1.80. The minimum absolute atomic E-state index is 0.277. The minimum atomic E-state index is -0.543. The van der Waals surface area contributed by atoms with Crippen molar-refractivity contribution >= 4 is 16.9 Å². The summed E-state index contributed by atoms with van der Waals surface area (Å²) < 4.78 is 33.7. The van der Waals surface area contributed by atoms with Crippen LogP contribution >= 0.6 is 0 Å². The summed E-state index contributed by atoms with van der Waals surface area (Å²) in [6.45, 7) is 3.17. The molecule has 0 radical (unpaired) electrons. The van der Waals surface area contributed by atoms with Crippen molar-refractivity contribution in [3.63, 3.8) is 0 Å². The van der Waals surface area contributed by atoms with E-state index in [0.717, 1.165) is 5.56 Å². The molecule has 1 aliphatic rings. The van der Waals surface area contributed by atoms with E-state index in [1.807, 2.05) is 6.92 Å². The molecule has 0 spiro atoms. The second-order valence-corrected chi connectivity index (χ2v) is 6.78. The third kappa shape index (κ3) is 3.41. The first-order valence-electron chi connectivity index (χ1n) is 9.25. The Hall–Kier alpha value is -3.68. The summed E-state index contributed by atoms with van der Waals surface area (Å²) in [5, 5.41) is 0.643. The Bertz CT molecular complexity index is 1180. The van der Waals surface area contributed by atoms with Crippen LogP contribution in [0, 0.1) is 0 Å². The summed E-state index contributed by atoms with van der Waals surface area (Å²) in [6, 6.07) is 9.80. The summed E-state index contributed by atoms with van der Waals surface area (Å²) in [5.74, 6) is 1.36. The Labute approximate surface area is 171 Å². The standard InChI is InChI=1S/C22H20O8/c1-11-19(13-5-7-15(28-12(2)23)16(9-13)25-3)30-22-20-14(6-8-18(24)29-20)10-17(26-4)21(22)27-11/h5-11,19H,1-4H3/t11-,19+/m0/s1. The molecule has 0 N–H and O–H groups in total. The average Bonchev–Trinajstić information content (AvgIpc) is 2.72. The van der Waals surface area contributed by atoms with Gasteiger partial charge in [0.1, 0.15) is 6.10 Å².